The van der Waals surface area contributed by atoms with E-state index in [2.05, 4.69) is 17.6 Å². The third kappa shape index (κ3) is 5.19. The van der Waals surface area contributed by atoms with E-state index < -0.39 is 0 Å². The maximum absolute atomic E-state index is 12.4. The molecule has 5 nitrogen and oxygen atoms in total. The monoisotopic (exact) mass is 269 g/mol. The normalized spacial score (nSPS) is 23.0. The molecule has 0 radical (unpaired) electrons. The number of hydrogen-bond acceptors (Lipinski definition) is 3. The number of piperidine rings is 1. The van der Waals surface area contributed by atoms with Crippen LogP contribution in [0, 0.1) is 5.41 Å². The van der Waals surface area contributed by atoms with Crippen LogP contribution in [0.5, 0.6) is 0 Å². The van der Waals surface area contributed by atoms with Gasteiger partial charge in [0.05, 0.1) is 5.41 Å². The number of primary amides is 1. The Morgan fingerprint density at radius 2 is 2.16 bits per heavy atom. The fourth-order valence-electron chi connectivity index (χ4n) is 2.78. The topological polar surface area (TPSA) is 84.2 Å². The molecule has 1 aliphatic rings. The predicted molar refractivity (Wildman–Crippen MR) is 75.5 cm³/mol. The number of carbonyl (C=O) groups excluding carboxylic acids is 2. The predicted octanol–water partition coefficient (Wildman–Crippen LogP) is 0.928. The van der Waals surface area contributed by atoms with Gasteiger partial charge in [0.15, 0.2) is 0 Å². The zero-order valence-electron chi connectivity index (χ0n) is 12.0. The van der Waals surface area contributed by atoms with Gasteiger partial charge < -0.3 is 16.4 Å². The van der Waals surface area contributed by atoms with Gasteiger partial charge in [0.1, 0.15) is 0 Å². The van der Waals surface area contributed by atoms with Crippen LogP contribution in [0.25, 0.3) is 0 Å². The summed E-state index contributed by atoms with van der Waals surface area (Å²) in [4.78, 5) is 23.0. The Balaban J connectivity index is 2.33. The summed E-state index contributed by atoms with van der Waals surface area (Å²) in [5, 5.41) is 6.36. The van der Waals surface area contributed by atoms with Crippen LogP contribution in [-0.4, -0.2) is 31.4 Å². The summed E-state index contributed by atoms with van der Waals surface area (Å²) in [7, 11) is 0. The molecule has 0 aromatic rings. The minimum atomic E-state index is -0.273. The molecule has 110 valence electrons. The first-order valence-corrected chi connectivity index (χ1v) is 7.38. The molecule has 1 saturated heterocycles. The molecule has 4 N–H and O–H groups in total. The Bertz CT molecular complexity index is 294. The highest BCUT2D eigenvalue weighted by Gasteiger charge is 2.38. The fraction of sp³-hybridized carbons (Fsp3) is 0.857. The van der Waals surface area contributed by atoms with E-state index in [9.17, 15) is 9.59 Å². The summed E-state index contributed by atoms with van der Waals surface area (Å²) in [5.41, 5.74) is 4.85. The van der Waals surface area contributed by atoms with Gasteiger partial charge in [-0.25, -0.2) is 0 Å². The average molecular weight is 269 g/mol. The molecule has 5 heteroatoms. The van der Waals surface area contributed by atoms with Gasteiger partial charge in [-0.1, -0.05) is 13.3 Å². The summed E-state index contributed by atoms with van der Waals surface area (Å²) in [6, 6.07) is 0. The molecule has 1 heterocycles. The standard InChI is InChI=1S/C14H27N3O2/c1-2-7-14(8-5-9-16-11-14)13(19)17-10-4-3-6-12(15)18/h16H,2-11H2,1H3,(H2,15,18)(H,17,19). The third-order valence-electron chi connectivity index (χ3n) is 3.82. The van der Waals surface area contributed by atoms with E-state index >= 15 is 0 Å². The van der Waals surface area contributed by atoms with Crippen molar-refractivity contribution in [2.75, 3.05) is 19.6 Å². The second kappa shape index (κ2) is 8.15. The number of nitrogens with two attached hydrogens (primary N) is 1. The molecule has 1 unspecified atom stereocenters. The largest absolute Gasteiger partial charge is 0.370 e. The van der Waals surface area contributed by atoms with E-state index in [0.29, 0.717) is 13.0 Å². The van der Waals surface area contributed by atoms with Crippen molar-refractivity contribution in [2.45, 2.75) is 51.9 Å². The number of carbonyl (C=O) groups is 2. The van der Waals surface area contributed by atoms with Crippen LogP contribution in [-0.2, 0) is 9.59 Å². The minimum absolute atomic E-state index is 0.167. The van der Waals surface area contributed by atoms with E-state index in [-0.39, 0.29) is 17.2 Å². The quantitative estimate of drug-likeness (QED) is 0.573. The minimum Gasteiger partial charge on any atom is -0.370 e. The van der Waals surface area contributed by atoms with Gasteiger partial charge in [-0.3, -0.25) is 9.59 Å². The van der Waals surface area contributed by atoms with Crippen LogP contribution in [0.4, 0.5) is 0 Å². The summed E-state index contributed by atoms with van der Waals surface area (Å²) in [6.07, 6.45) is 5.95. The third-order valence-corrected chi connectivity index (χ3v) is 3.82. The first-order chi connectivity index (χ1) is 9.10. The average Bonchev–Trinajstić information content (AvgIpc) is 2.39. The number of amides is 2. The number of hydrogen-bond donors (Lipinski definition) is 3. The van der Waals surface area contributed by atoms with Crippen LogP contribution < -0.4 is 16.4 Å². The highest BCUT2D eigenvalue weighted by molar-refractivity contribution is 5.83. The van der Waals surface area contributed by atoms with Crippen LogP contribution in [0.1, 0.15) is 51.9 Å². The van der Waals surface area contributed by atoms with Crippen molar-refractivity contribution in [3.63, 3.8) is 0 Å². The van der Waals surface area contributed by atoms with Crippen molar-refractivity contribution in [1.29, 1.82) is 0 Å². The molecule has 1 fully saturated rings. The first kappa shape index (κ1) is 16.0. The molecule has 0 saturated carbocycles. The van der Waals surface area contributed by atoms with Gasteiger partial charge >= 0.3 is 0 Å². The van der Waals surface area contributed by atoms with Gasteiger partial charge in [-0.15, -0.1) is 0 Å². The maximum atomic E-state index is 12.4. The van der Waals surface area contributed by atoms with E-state index in [4.69, 9.17) is 5.73 Å². The molecule has 2 amide bonds. The zero-order chi connectivity index (χ0) is 14.1. The van der Waals surface area contributed by atoms with Crippen LogP contribution in [0.2, 0.25) is 0 Å². The fourth-order valence-corrected chi connectivity index (χ4v) is 2.78. The molecule has 1 aliphatic heterocycles. The van der Waals surface area contributed by atoms with E-state index in [0.717, 1.165) is 51.6 Å². The van der Waals surface area contributed by atoms with Crippen molar-refractivity contribution >= 4 is 11.8 Å². The second-order valence-electron chi connectivity index (χ2n) is 5.49. The Morgan fingerprint density at radius 1 is 1.37 bits per heavy atom. The lowest BCUT2D eigenvalue weighted by atomic mass is 9.76. The molecule has 0 bridgehead atoms. The highest BCUT2D eigenvalue weighted by atomic mass is 16.2. The van der Waals surface area contributed by atoms with Gasteiger partial charge in [-0.05, 0) is 38.6 Å². The molecule has 0 aromatic heterocycles. The molecule has 1 rings (SSSR count). The summed E-state index contributed by atoms with van der Waals surface area (Å²) in [6.45, 7) is 4.55. The Labute approximate surface area is 115 Å². The number of nitrogens with one attached hydrogen (secondary N) is 2. The van der Waals surface area contributed by atoms with E-state index in [1.807, 2.05) is 0 Å². The van der Waals surface area contributed by atoms with Gasteiger partial charge in [0.2, 0.25) is 11.8 Å². The molecule has 19 heavy (non-hydrogen) atoms. The molecule has 0 spiro atoms. The summed E-state index contributed by atoms with van der Waals surface area (Å²) >= 11 is 0. The van der Waals surface area contributed by atoms with Crippen LogP contribution in [0.3, 0.4) is 0 Å². The zero-order valence-corrected chi connectivity index (χ0v) is 12.0. The van der Waals surface area contributed by atoms with Crippen molar-refractivity contribution in [1.82, 2.24) is 10.6 Å². The van der Waals surface area contributed by atoms with Crippen molar-refractivity contribution in [2.24, 2.45) is 11.1 Å². The van der Waals surface area contributed by atoms with Gasteiger partial charge in [0, 0.05) is 19.5 Å². The lowest BCUT2D eigenvalue weighted by molar-refractivity contribution is -0.132. The second-order valence-corrected chi connectivity index (χ2v) is 5.49. The van der Waals surface area contributed by atoms with Gasteiger partial charge in [-0.2, -0.15) is 0 Å². The maximum Gasteiger partial charge on any atom is 0.227 e. The van der Waals surface area contributed by atoms with Crippen LogP contribution >= 0.6 is 0 Å². The lowest BCUT2D eigenvalue weighted by Gasteiger charge is -2.36. The first-order valence-electron chi connectivity index (χ1n) is 7.38. The van der Waals surface area contributed by atoms with Crippen molar-refractivity contribution in [3.8, 4) is 0 Å². The Kier molecular flexibility index (Phi) is 6.84. The molecule has 1 atom stereocenters. The SMILES string of the molecule is CCCC1(C(=O)NCCCCC(N)=O)CCCNC1. The van der Waals surface area contributed by atoms with Crippen molar-refractivity contribution < 1.29 is 9.59 Å². The Hall–Kier alpha value is -1.10. The van der Waals surface area contributed by atoms with E-state index in [1.54, 1.807) is 0 Å². The summed E-state index contributed by atoms with van der Waals surface area (Å²) < 4.78 is 0. The highest BCUT2D eigenvalue weighted by Crippen LogP contribution is 2.31. The molecule has 0 aromatic carbocycles. The number of rotatable bonds is 8. The molecular weight excluding hydrogens is 242 g/mol. The van der Waals surface area contributed by atoms with E-state index in [1.165, 1.54) is 0 Å². The van der Waals surface area contributed by atoms with Crippen molar-refractivity contribution in [3.05, 3.63) is 0 Å². The Morgan fingerprint density at radius 3 is 2.74 bits per heavy atom. The summed E-state index contributed by atoms with van der Waals surface area (Å²) in [5.74, 6) is -0.106. The van der Waals surface area contributed by atoms with Gasteiger partial charge in [0.25, 0.3) is 0 Å². The number of unbranched alkanes of at least 4 members (excludes halogenated alkanes) is 1. The molecule has 0 aliphatic carbocycles. The smallest absolute Gasteiger partial charge is 0.227 e. The van der Waals surface area contributed by atoms with Crippen LogP contribution in [0.15, 0.2) is 0 Å². The molecular formula is C14H27N3O2. The lowest BCUT2D eigenvalue weighted by Crippen LogP contribution is -2.50.